The van der Waals surface area contributed by atoms with Crippen LogP contribution in [0, 0.1) is 17.8 Å². The average Bonchev–Trinajstić information content (AvgIpc) is 2.79. The summed E-state index contributed by atoms with van der Waals surface area (Å²) in [7, 11) is 2.00. The van der Waals surface area contributed by atoms with Gasteiger partial charge in [0.25, 0.3) is 0 Å². The molecule has 1 unspecified atom stereocenters. The van der Waals surface area contributed by atoms with Crippen LogP contribution < -0.4 is 5.73 Å². The molecule has 4 bridgehead atoms. The molecule has 0 spiro atoms. The predicted octanol–water partition coefficient (Wildman–Crippen LogP) is 2.69. The highest BCUT2D eigenvalue weighted by molar-refractivity contribution is 5.18. The largest absolute Gasteiger partial charge is 0.321 e. The third-order valence-corrected chi connectivity index (χ3v) is 6.08. The zero-order chi connectivity index (χ0) is 13.9. The van der Waals surface area contributed by atoms with E-state index in [9.17, 15) is 0 Å². The molecule has 4 heteroatoms. The molecule has 2 N–H and O–H groups in total. The minimum Gasteiger partial charge on any atom is -0.321 e. The van der Waals surface area contributed by atoms with Gasteiger partial charge in [-0.05, 0) is 62.7 Å². The van der Waals surface area contributed by atoms with Crippen LogP contribution in [0.15, 0.2) is 0 Å². The lowest BCUT2D eigenvalue weighted by molar-refractivity contribution is -0.00942. The van der Waals surface area contributed by atoms with Crippen LogP contribution in [-0.4, -0.2) is 14.8 Å². The lowest BCUT2D eigenvalue weighted by Crippen LogP contribution is -2.49. The van der Waals surface area contributed by atoms with Crippen LogP contribution in [0.3, 0.4) is 0 Å². The molecule has 1 heterocycles. The van der Waals surface area contributed by atoms with Gasteiger partial charge in [0.05, 0.1) is 6.04 Å². The van der Waals surface area contributed by atoms with Gasteiger partial charge in [-0.3, -0.25) is 4.68 Å². The molecule has 4 saturated carbocycles. The van der Waals surface area contributed by atoms with E-state index >= 15 is 0 Å². The second-order valence-electron chi connectivity index (χ2n) is 7.63. The lowest BCUT2D eigenvalue weighted by Gasteiger charge is -2.55. The Morgan fingerprint density at radius 1 is 1.20 bits per heavy atom. The Hall–Kier alpha value is -0.900. The molecule has 0 aliphatic heterocycles. The summed E-state index contributed by atoms with van der Waals surface area (Å²) in [5.41, 5.74) is 6.47. The van der Waals surface area contributed by atoms with Gasteiger partial charge in [-0.2, -0.15) is 5.10 Å². The van der Waals surface area contributed by atoms with Crippen molar-refractivity contribution in [2.45, 2.75) is 63.3 Å². The van der Waals surface area contributed by atoms with E-state index in [-0.39, 0.29) is 11.5 Å². The SMILES string of the molecule is CCC(N)c1nc(C23CC4CC(CC(C4)C2)C3)nn1C. The van der Waals surface area contributed by atoms with E-state index in [0.717, 1.165) is 35.8 Å². The Kier molecular flexibility index (Phi) is 2.75. The molecule has 5 rings (SSSR count). The standard InChI is InChI=1S/C16H26N4/c1-3-13(17)14-18-15(19-20(14)2)16-7-10-4-11(8-16)6-12(5-10)9-16/h10-13H,3-9,17H2,1-2H3. The van der Waals surface area contributed by atoms with Crippen molar-refractivity contribution >= 4 is 0 Å². The van der Waals surface area contributed by atoms with Gasteiger partial charge in [-0.15, -0.1) is 0 Å². The second kappa shape index (κ2) is 4.30. The molecule has 0 radical (unpaired) electrons. The van der Waals surface area contributed by atoms with Crippen LogP contribution in [0.5, 0.6) is 0 Å². The maximum absolute atomic E-state index is 6.18. The minimum absolute atomic E-state index is 0.0233. The summed E-state index contributed by atoms with van der Waals surface area (Å²) in [5, 5.41) is 4.80. The van der Waals surface area contributed by atoms with Crippen LogP contribution >= 0.6 is 0 Å². The number of nitrogens with zero attached hydrogens (tertiary/aromatic N) is 3. The predicted molar refractivity (Wildman–Crippen MR) is 78.1 cm³/mol. The van der Waals surface area contributed by atoms with Crippen molar-refractivity contribution in [1.82, 2.24) is 14.8 Å². The number of aromatic nitrogens is 3. The highest BCUT2D eigenvalue weighted by Gasteiger charge is 2.53. The number of rotatable bonds is 3. The Labute approximate surface area is 121 Å². The fraction of sp³-hybridized carbons (Fsp3) is 0.875. The zero-order valence-electron chi connectivity index (χ0n) is 12.7. The summed E-state index contributed by atoms with van der Waals surface area (Å²) in [5.74, 6) is 4.89. The Bertz CT molecular complexity index is 483. The molecule has 0 amide bonds. The van der Waals surface area contributed by atoms with Crippen molar-refractivity contribution in [3.8, 4) is 0 Å². The first-order valence-corrected chi connectivity index (χ1v) is 8.26. The first-order valence-electron chi connectivity index (χ1n) is 8.26. The van der Waals surface area contributed by atoms with E-state index < -0.39 is 0 Å². The lowest BCUT2D eigenvalue weighted by atomic mass is 9.49. The van der Waals surface area contributed by atoms with Gasteiger partial charge >= 0.3 is 0 Å². The highest BCUT2D eigenvalue weighted by atomic mass is 15.3. The molecule has 4 fully saturated rings. The van der Waals surface area contributed by atoms with Gasteiger partial charge in [0.2, 0.25) is 0 Å². The summed E-state index contributed by atoms with van der Waals surface area (Å²) in [6, 6.07) is 0.0233. The first-order chi connectivity index (χ1) is 9.59. The topological polar surface area (TPSA) is 56.7 Å². The fourth-order valence-corrected chi connectivity index (χ4v) is 5.51. The van der Waals surface area contributed by atoms with Crippen LogP contribution in [0.4, 0.5) is 0 Å². The smallest absolute Gasteiger partial charge is 0.157 e. The van der Waals surface area contributed by atoms with Crippen molar-refractivity contribution in [2.75, 3.05) is 0 Å². The molecular weight excluding hydrogens is 248 g/mol. The van der Waals surface area contributed by atoms with E-state index in [1.54, 1.807) is 0 Å². The number of aryl methyl sites for hydroxylation is 1. The second-order valence-corrected chi connectivity index (χ2v) is 7.63. The van der Waals surface area contributed by atoms with Crippen LogP contribution in [0.25, 0.3) is 0 Å². The molecule has 0 aromatic carbocycles. The molecule has 4 aliphatic carbocycles. The highest BCUT2D eigenvalue weighted by Crippen LogP contribution is 2.60. The van der Waals surface area contributed by atoms with E-state index in [1.165, 1.54) is 38.5 Å². The molecule has 1 atom stereocenters. The quantitative estimate of drug-likeness (QED) is 0.922. The van der Waals surface area contributed by atoms with Crippen molar-refractivity contribution < 1.29 is 0 Å². The molecule has 0 saturated heterocycles. The van der Waals surface area contributed by atoms with Crippen molar-refractivity contribution in [3.05, 3.63) is 11.6 Å². The van der Waals surface area contributed by atoms with Crippen LogP contribution in [0.2, 0.25) is 0 Å². The molecule has 4 nitrogen and oxygen atoms in total. The minimum atomic E-state index is 0.0233. The third-order valence-electron chi connectivity index (χ3n) is 6.08. The monoisotopic (exact) mass is 274 g/mol. The molecular formula is C16H26N4. The third kappa shape index (κ3) is 1.77. The number of hydrogen-bond acceptors (Lipinski definition) is 3. The van der Waals surface area contributed by atoms with Gasteiger partial charge in [0.15, 0.2) is 5.82 Å². The number of nitrogens with two attached hydrogens (primary N) is 1. The summed E-state index contributed by atoms with van der Waals surface area (Å²) in [6.07, 6.45) is 9.29. The van der Waals surface area contributed by atoms with Crippen LogP contribution in [-0.2, 0) is 12.5 Å². The van der Waals surface area contributed by atoms with Crippen molar-refractivity contribution in [2.24, 2.45) is 30.5 Å². The Morgan fingerprint density at radius 3 is 2.25 bits per heavy atom. The van der Waals surface area contributed by atoms with Gasteiger partial charge in [-0.1, -0.05) is 6.92 Å². The molecule has 20 heavy (non-hydrogen) atoms. The van der Waals surface area contributed by atoms with E-state index in [1.807, 2.05) is 11.7 Å². The summed E-state index contributed by atoms with van der Waals surface area (Å²) in [4.78, 5) is 4.90. The summed E-state index contributed by atoms with van der Waals surface area (Å²) >= 11 is 0. The van der Waals surface area contributed by atoms with Crippen LogP contribution in [0.1, 0.15) is 69.6 Å². The zero-order valence-corrected chi connectivity index (χ0v) is 12.7. The van der Waals surface area contributed by atoms with Gasteiger partial charge in [0, 0.05) is 12.5 Å². The maximum atomic E-state index is 6.18. The number of hydrogen-bond donors (Lipinski definition) is 1. The van der Waals surface area contributed by atoms with Gasteiger partial charge in [-0.25, -0.2) is 4.98 Å². The first kappa shape index (κ1) is 12.8. The van der Waals surface area contributed by atoms with E-state index in [0.29, 0.717) is 0 Å². The van der Waals surface area contributed by atoms with Gasteiger partial charge < -0.3 is 5.73 Å². The van der Waals surface area contributed by atoms with Gasteiger partial charge in [0.1, 0.15) is 5.82 Å². The Morgan fingerprint density at radius 2 is 1.75 bits per heavy atom. The van der Waals surface area contributed by atoms with Crippen molar-refractivity contribution in [3.63, 3.8) is 0 Å². The van der Waals surface area contributed by atoms with Crippen molar-refractivity contribution in [1.29, 1.82) is 0 Å². The maximum Gasteiger partial charge on any atom is 0.157 e. The molecule has 4 aliphatic rings. The summed E-state index contributed by atoms with van der Waals surface area (Å²) < 4.78 is 1.93. The Balaban J connectivity index is 1.70. The molecule has 1 aromatic rings. The average molecular weight is 274 g/mol. The van der Waals surface area contributed by atoms with E-state index in [2.05, 4.69) is 6.92 Å². The molecule has 110 valence electrons. The fourth-order valence-electron chi connectivity index (χ4n) is 5.51. The normalized spacial score (nSPS) is 40.2. The molecule has 1 aromatic heterocycles. The summed E-state index contributed by atoms with van der Waals surface area (Å²) in [6.45, 7) is 2.11. The van der Waals surface area contributed by atoms with E-state index in [4.69, 9.17) is 15.8 Å².